The van der Waals surface area contributed by atoms with Gasteiger partial charge in [-0.25, -0.2) is 0 Å². The van der Waals surface area contributed by atoms with Crippen LogP contribution in [0.4, 0.5) is 0 Å². The van der Waals surface area contributed by atoms with Gasteiger partial charge in [-0.3, -0.25) is 0 Å². The monoisotopic (exact) mass is 239 g/mol. The molecule has 0 aromatic heterocycles. The largest absolute Gasteiger partial charge is 0.377 e. The van der Waals surface area contributed by atoms with Gasteiger partial charge in [-0.05, 0) is 40.5 Å². The van der Waals surface area contributed by atoms with Crippen molar-refractivity contribution in [2.75, 3.05) is 7.11 Å². The average molecular weight is 240 g/mol. The van der Waals surface area contributed by atoms with Crippen molar-refractivity contribution < 1.29 is 4.74 Å². The van der Waals surface area contributed by atoms with Crippen LogP contribution in [-0.2, 0) is 4.74 Å². The van der Waals surface area contributed by atoms with Gasteiger partial charge in [0, 0.05) is 11.6 Å². The van der Waals surface area contributed by atoms with E-state index >= 15 is 0 Å². The Morgan fingerprint density at radius 2 is 2.23 bits per heavy atom. The third-order valence-electron chi connectivity index (χ3n) is 1.93. The third-order valence-corrected chi connectivity index (χ3v) is 2.63. The molecule has 68 valence electrons. The van der Waals surface area contributed by atoms with E-state index in [9.17, 15) is 0 Å². The molecule has 0 unspecified atom stereocenters. The van der Waals surface area contributed by atoms with Gasteiger partial charge in [-0.15, -0.1) is 0 Å². The number of rotatable bonds is 2. The van der Waals surface area contributed by atoms with Gasteiger partial charge in [-0.1, -0.05) is 6.07 Å². The molecule has 0 bridgehead atoms. The van der Waals surface area contributed by atoms with Crippen LogP contribution in [0.5, 0.6) is 0 Å². The van der Waals surface area contributed by atoms with E-state index in [1.54, 1.807) is 7.11 Å². The molecule has 0 saturated carbocycles. The first-order chi connectivity index (χ1) is 6.19. The predicted molar refractivity (Wildman–Crippen MR) is 54.3 cm³/mol. The van der Waals surface area contributed by atoms with E-state index in [1.807, 2.05) is 25.1 Å². The first-order valence-corrected chi connectivity index (χ1v) is 4.70. The molecule has 0 radical (unpaired) electrons. The van der Waals surface area contributed by atoms with Crippen molar-refractivity contribution >= 4 is 15.9 Å². The van der Waals surface area contributed by atoms with E-state index in [4.69, 9.17) is 10.00 Å². The van der Waals surface area contributed by atoms with Gasteiger partial charge >= 0.3 is 0 Å². The van der Waals surface area contributed by atoms with Crippen LogP contribution in [0.1, 0.15) is 24.2 Å². The smallest absolute Gasteiger partial charge is 0.100 e. The molecule has 0 spiro atoms. The molecule has 3 heteroatoms. The van der Waals surface area contributed by atoms with Crippen LogP contribution in [-0.4, -0.2) is 7.11 Å². The van der Waals surface area contributed by atoms with Gasteiger partial charge in [0.05, 0.1) is 11.7 Å². The molecule has 0 heterocycles. The Bertz CT molecular complexity index is 343. The molecule has 0 amide bonds. The SMILES string of the molecule is CO[C@H](C)c1ccc(Br)c(C#N)c1. The van der Waals surface area contributed by atoms with Crippen molar-refractivity contribution in [1.29, 1.82) is 5.26 Å². The Kier molecular flexibility index (Phi) is 3.47. The van der Waals surface area contributed by atoms with Crippen LogP contribution in [0.15, 0.2) is 22.7 Å². The molecule has 0 fully saturated rings. The normalized spacial score (nSPS) is 12.2. The van der Waals surface area contributed by atoms with Crippen molar-refractivity contribution in [3.05, 3.63) is 33.8 Å². The number of nitriles is 1. The van der Waals surface area contributed by atoms with Crippen LogP contribution in [0, 0.1) is 11.3 Å². The summed E-state index contributed by atoms with van der Waals surface area (Å²) in [6.45, 7) is 1.95. The number of benzene rings is 1. The van der Waals surface area contributed by atoms with Gasteiger partial charge in [0.1, 0.15) is 6.07 Å². The van der Waals surface area contributed by atoms with E-state index in [-0.39, 0.29) is 6.10 Å². The van der Waals surface area contributed by atoms with Gasteiger partial charge < -0.3 is 4.74 Å². The summed E-state index contributed by atoms with van der Waals surface area (Å²) < 4.78 is 5.97. The van der Waals surface area contributed by atoms with E-state index in [1.165, 1.54) is 0 Å². The molecule has 0 aliphatic heterocycles. The lowest BCUT2D eigenvalue weighted by molar-refractivity contribution is 0.119. The van der Waals surface area contributed by atoms with Crippen LogP contribution < -0.4 is 0 Å². The average Bonchev–Trinajstić information content (AvgIpc) is 2.17. The van der Waals surface area contributed by atoms with Gasteiger partial charge in [-0.2, -0.15) is 5.26 Å². The first-order valence-electron chi connectivity index (χ1n) is 3.91. The van der Waals surface area contributed by atoms with Crippen LogP contribution in [0.25, 0.3) is 0 Å². The summed E-state index contributed by atoms with van der Waals surface area (Å²) in [4.78, 5) is 0. The predicted octanol–water partition coefficient (Wildman–Crippen LogP) is 3.03. The lowest BCUT2D eigenvalue weighted by atomic mass is 10.1. The zero-order chi connectivity index (χ0) is 9.84. The highest BCUT2D eigenvalue weighted by molar-refractivity contribution is 9.10. The Balaban J connectivity index is 3.08. The van der Waals surface area contributed by atoms with Crippen LogP contribution >= 0.6 is 15.9 Å². The lowest BCUT2D eigenvalue weighted by Gasteiger charge is -2.09. The van der Waals surface area contributed by atoms with Crippen molar-refractivity contribution in [2.45, 2.75) is 13.0 Å². The van der Waals surface area contributed by atoms with Crippen molar-refractivity contribution in [1.82, 2.24) is 0 Å². The number of hydrogen-bond donors (Lipinski definition) is 0. The maximum atomic E-state index is 8.78. The fourth-order valence-corrected chi connectivity index (χ4v) is 1.35. The second-order valence-electron chi connectivity index (χ2n) is 2.73. The number of nitrogens with zero attached hydrogens (tertiary/aromatic N) is 1. The molecule has 0 N–H and O–H groups in total. The molecule has 0 saturated heterocycles. The maximum absolute atomic E-state index is 8.78. The minimum absolute atomic E-state index is 0.0280. The number of methoxy groups -OCH3 is 1. The minimum atomic E-state index is 0.0280. The zero-order valence-corrected chi connectivity index (χ0v) is 9.13. The summed E-state index contributed by atoms with van der Waals surface area (Å²) in [5, 5.41) is 8.78. The second kappa shape index (κ2) is 4.40. The van der Waals surface area contributed by atoms with E-state index in [2.05, 4.69) is 22.0 Å². The fraction of sp³-hybridized carbons (Fsp3) is 0.300. The summed E-state index contributed by atoms with van der Waals surface area (Å²) in [7, 11) is 1.65. The molecule has 1 rings (SSSR count). The van der Waals surface area contributed by atoms with E-state index in [0.717, 1.165) is 10.0 Å². The number of hydrogen-bond acceptors (Lipinski definition) is 2. The van der Waals surface area contributed by atoms with Crippen molar-refractivity contribution in [3.8, 4) is 6.07 Å². The summed E-state index contributed by atoms with van der Waals surface area (Å²) in [6.07, 6.45) is 0.0280. The Hall–Kier alpha value is -0.850. The van der Waals surface area contributed by atoms with E-state index in [0.29, 0.717) is 5.56 Å². The van der Waals surface area contributed by atoms with Crippen LogP contribution in [0.2, 0.25) is 0 Å². The maximum Gasteiger partial charge on any atom is 0.100 e. The minimum Gasteiger partial charge on any atom is -0.377 e. The summed E-state index contributed by atoms with van der Waals surface area (Å²) >= 11 is 3.30. The molecule has 1 aromatic carbocycles. The Labute approximate surface area is 86.3 Å². The van der Waals surface area contributed by atoms with Gasteiger partial charge in [0.2, 0.25) is 0 Å². The molecule has 1 aromatic rings. The summed E-state index contributed by atoms with van der Waals surface area (Å²) in [5.74, 6) is 0. The van der Waals surface area contributed by atoms with Crippen molar-refractivity contribution in [2.24, 2.45) is 0 Å². The third kappa shape index (κ3) is 2.30. The standard InChI is InChI=1S/C10H10BrNO/c1-7(13-2)8-3-4-10(11)9(5-8)6-12/h3-5,7H,1-2H3/t7-/m1/s1. The molecule has 1 atom stereocenters. The fourth-order valence-electron chi connectivity index (χ4n) is 1.02. The number of halogens is 1. The second-order valence-corrected chi connectivity index (χ2v) is 3.58. The van der Waals surface area contributed by atoms with Gasteiger partial charge in [0.15, 0.2) is 0 Å². The zero-order valence-electron chi connectivity index (χ0n) is 7.54. The summed E-state index contributed by atoms with van der Waals surface area (Å²) in [5.41, 5.74) is 1.66. The highest BCUT2D eigenvalue weighted by Gasteiger charge is 2.06. The Morgan fingerprint density at radius 1 is 1.54 bits per heavy atom. The molecule has 13 heavy (non-hydrogen) atoms. The molecule has 0 aliphatic rings. The van der Waals surface area contributed by atoms with E-state index < -0.39 is 0 Å². The molecular weight excluding hydrogens is 230 g/mol. The van der Waals surface area contributed by atoms with Crippen LogP contribution in [0.3, 0.4) is 0 Å². The van der Waals surface area contributed by atoms with Gasteiger partial charge in [0.25, 0.3) is 0 Å². The Morgan fingerprint density at radius 3 is 2.77 bits per heavy atom. The quantitative estimate of drug-likeness (QED) is 0.795. The molecule has 0 aliphatic carbocycles. The highest BCUT2D eigenvalue weighted by Crippen LogP contribution is 2.22. The lowest BCUT2D eigenvalue weighted by Crippen LogP contribution is -1.96. The molecular formula is C10H10BrNO. The first kappa shape index (κ1) is 10.2. The topological polar surface area (TPSA) is 33.0 Å². The summed E-state index contributed by atoms with van der Waals surface area (Å²) in [6, 6.07) is 7.75. The number of ether oxygens (including phenoxy) is 1. The molecule has 2 nitrogen and oxygen atoms in total. The van der Waals surface area contributed by atoms with Crippen molar-refractivity contribution in [3.63, 3.8) is 0 Å². The highest BCUT2D eigenvalue weighted by atomic mass is 79.9.